The number of para-hydroxylation sites is 1. The Morgan fingerprint density at radius 3 is 2.64 bits per heavy atom. The molecule has 9 heteroatoms. The van der Waals surface area contributed by atoms with Crippen LogP contribution in [-0.4, -0.2) is 38.2 Å². The summed E-state index contributed by atoms with van der Waals surface area (Å²) in [6, 6.07) is 13.6. The van der Waals surface area contributed by atoms with Crippen molar-refractivity contribution in [2.75, 3.05) is 5.01 Å². The summed E-state index contributed by atoms with van der Waals surface area (Å²) in [5, 5.41) is 17.0. The van der Waals surface area contributed by atoms with Gasteiger partial charge in [-0.1, -0.05) is 24.3 Å². The number of fused-ring (bicyclic) bond motifs is 1. The summed E-state index contributed by atoms with van der Waals surface area (Å²) in [5.74, 6) is -0.300. The lowest BCUT2D eigenvalue weighted by molar-refractivity contribution is -0.119. The molecule has 0 bridgehead atoms. The number of pyridine rings is 1. The lowest BCUT2D eigenvalue weighted by Crippen LogP contribution is -2.40. The highest BCUT2D eigenvalue weighted by molar-refractivity contribution is 6.40. The third-order valence-corrected chi connectivity index (χ3v) is 4.60. The number of hydrogen-bond donors (Lipinski definition) is 2. The lowest BCUT2D eigenvalue weighted by Gasteiger charge is -2.20. The van der Waals surface area contributed by atoms with Crippen molar-refractivity contribution >= 4 is 28.9 Å². The smallest absolute Gasteiger partial charge is 0.268 e. The van der Waals surface area contributed by atoms with E-state index in [1.165, 1.54) is 5.01 Å². The molecule has 2 atom stereocenters. The Morgan fingerprint density at radius 1 is 1.14 bits per heavy atom. The van der Waals surface area contributed by atoms with E-state index in [1.807, 2.05) is 66.1 Å². The monoisotopic (exact) mass is 377 g/mol. The molecule has 3 heterocycles. The minimum absolute atomic E-state index is 0.142. The molecule has 2 aromatic heterocycles. The fourth-order valence-electron chi connectivity index (χ4n) is 3.19. The van der Waals surface area contributed by atoms with Gasteiger partial charge in [0.25, 0.3) is 5.91 Å². The van der Waals surface area contributed by atoms with Crippen LogP contribution in [-0.2, 0) is 9.59 Å². The van der Waals surface area contributed by atoms with Gasteiger partial charge in [0.15, 0.2) is 11.5 Å². The molecular formula is C19H19N7O2. The van der Waals surface area contributed by atoms with Gasteiger partial charge in [-0.05, 0) is 31.2 Å². The Morgan fingerprint density at radius 2 is 1.89 bits per heavy atom. The Kier molecular flexibility index (Phi) is 4.48. The van der Waals surface area contributed by atoms with Gasteiger partial charge < -0.3 is 11.1 Å². The third-order valence-electron chi connectivity index (χ3n) is 4.60. The molecule has 1 aromatic carbocycles. The maximum Gasteiger partial charge on any atom is 0.268 e. The number of aromatic nitrogens is 3. The number of hydrogen-bond acceptors (Lipinski definition) is 6. The number of nitrogens with zero attached hydrogens (tertiary/aromatic N) is 5. The molecule has 2 amide bonds. The molecule has 3 N–H and O–H groups in total. The normalized spacial score (nSPS) is 17.4. The summed E-state index contributed by atoms with van der Waals surface area (Å²) in [6.45, 7) is 1.82. The molecule has 0 spiro atoms. The summed E-state index contributed by atoms with van der Waals surface area (Å²) < 4.78 is 1.81. The van der Waals surface area contributed by atoms with Crippen molar-refractivity contribution in [3.05, 3.63) is 60.6 Å². The van der Waals surface area contributed by atoms with E-state index in [-0.39, 0.29) is 18.0 Å². The Balaban J connectivity index is 1.55. The van der Waals surface area contributed by atoms with Gasteiger partial charge in [-0.3, -0.25) is 19.0 Å². The molecule has 0 radical (unpaired) electrons. The predicted molar refractivity (Wildman–Crippen MR) is 104 cm³/mol. The Bertz CT molecular complexity index is 1060. The molecule has 0 saturated carbocycles. The standard InChI is InChI=1S/C19H19N7O2/c1-12(18-23-22-16-9-5-6-10-25(16)18)21-19(28)14-11-15(17(20)27)26(24-14)13-7-3-2-4-8-13/h2-10,12,15H,11H2,1H3,(H2,20,27)(H,21,28). The first-order valence-corrected chi connectivity index (χ1v) is 8.86. The van der Waals surface area contributed by atoms with E-state index in [1.54, 1.807) is 0 Å². The second-order valence-electron chi connectivity index (χ2n) is 6.53. The van der Waals surface area contributed by atoms with Crippen molar-refractivity contribution in [3.8, 4) is 0 Å². The second kappa shape index (κ2) is 7.10. The summed E-state index contributed by atoms with van der Waals surface area (Å²) >= 11 is 0. The quantitative estimate of drug-likeness (QED) is 0.688. The molecule has 9 nitrogen and oxygen atoms in total. The number of carbonyl (C=O) groups is 2. The minimum atomic E-state index is -0.702. The maximum absolute atomic E-state index is 12.8. The first-order chi connectivity index (χ1) is 13.5. The maximum atomic E-state index is 12.8. The average Bonchev–Trinajstić information content (AvgIpc) is 3.33. The van der Waals surface area contributed by atoms with Crippen LogP contribution in [0.2, 0.25) is 0 Å². The van der Waals surface area contributed by atoms with Gasteiger partial charge in [-0.15, -0.1) is 10.2 Å². The van der Waals surface area contributed by atoms with E-state index in [0.717, 1.165) is 0 Å². The first kappa shape index (κ1) is 17.7. The van der Waals surface area contributed by atoms with Gasteiger partial charge in [0, 0.05) is 12.6 Å². The Labute approximate surface area is 160 Å². The van der Waals surface area contributed by atoms with Crippen LogP contribution < -0.4 is 16.1 Å². The first-order valence-electron chi connectivity index (χ1n) is 8.86. The molecule has 3 aromatic rings. The van der Waals surface area contributed by atoms with E-state index in [9.17, 15) is 9.59 Å². The molecule has 1 aliphatic rings. The third kappa shape index (κ3) is 3.18. The fraction of sp³-hybridized carbons (Fsp3) is 0.211. The zero-order valence-electron chi connectivity index (χ0n) is 15.2. The van der Waals surface area contributed by atoms with Crippen LogP contribution in [0.5, 0.6) is 0 Å². The minimum Gasteiger partial charge on any atom is -0.368 e. The topological polar surface area (TPSA) is 118 Å². The summed E-state index contributed by atoms with van der Waals surface area (Å²) in [4.78, 5) is 24.6. The van der Waals surface area contributed by atoms with E-state index >= 15 is 0 Å². The SMILES string of the molecule is CC(NC(=O)C1=NN(c2ccccc2)C(C(N)=O)C1)c1nnc2ccccn12. The summed E-state index contributed by atoms with van der Waals surface area (Å²) in [5.41, 5.74) is 7.16. The highest BCUT2D eigenvalue weighted by Crippen LogP contribution is 2.24. The van der Waals surface area contributed by atoms with Crippen molar-refractivity contribution in [3.63, 3.8) is 0 Å². The lowest BCUT2D eigenvalue weighted by atomic mass is 10.1. The molecule has 142 valence electrons. The van der Waals surface area contributed by atoms with Crippen LogP contribution in [0, 0.1) is 0 Å². The summed E-state index contributed by atoms with van der Waals surface area (Å²) in [7, 11) is 0. The molecule has 28 heavy (non-hydrogen) atoms. The van der Waals surface area contributed by atoms with E-state index in [4.69, 9.17) is 5.73 Å². The van der Waals surface area contributed by atoms with Crippen molar-refractivity contribution < 1.29 is 9.59 Å². The number of hydrazone groups is 1. The molecular weight excluding hydrogens is 358 g/mol. The fourth-order valence-corrected chi connectivity index (χ4v) is 3.19. The zero-order valence-corrected chi connectivity index (χ0v) is 15.2. The highest BCUT2D eigenvalue weighted by atomic mass is 16.2. The van der Waals surface area contributed by atoms with Crippen LogP contribution in [0.4, 0.5) is 5.69 Å². The van der Waals surface area contributed by atoms with E-state index in [0.29, 0.717) is 17.2 Å². The van der Waals surface area contributed by atoms with Crippen LogP contribution in [0.15, 0.2) is 59.8 Å². The van der Waals surface area contributed by atoms with Crippen molar-refractivity contribution in [2.24, 2.45) is 10.8 Å². The van der Waals surface area contributed by atoms with Crippen LogP contribution in [0.1, 0.15) is 25.2 Å². The van der Waals surface area contributed by atoms with Gasteiger partial charge in [-0.2, -0.15) is 5.10 Å². The predicted octanol–water partition coefficient (Wildman–Crippen LogP) is 1.03. The summed E-state index contributed by atoms with van der Waals surface area (Å²) in [6.07, 6.45) is 1.98. The van der Waals surface area contributed by atoms with Crippen LogP contribution in [0.25, 0.3) is 5.65 Å². The van der Waals surface area contributed by atoms with Gasteiger partial charge >= 0.3 is 0 Å². The van der Waals surface area contributed by atoms with Crippen molar-refractivity contribution in [1.29, 1.82) is 0 Å². The van der Waals surface area contributed by atoms with E-state index < -0.39 is 18.0 Å². The molecule has 2 unspecified atom stereocenters. The van der Waals surface area contributed by atoms with Crippen LogP contribution >= 0.6 is 0 Å². The number of anilines is 1. The van der Waals surface area contributed by atoms with Crippen molar-refractivity contribution in [2.45, 2.75) is 25.4 Å². The zero-order chi connectivity index (χ0) is 19.7. The number of benzene rings is 1. The molecule has 4 rings (SSSR count). The molecule has 0 aliphatic carbocycles. The number of nitrogens with two attached hydrogens (primary N) is 1. The molecule has 0 fully saturated rings. The second-order valence-corrected chi connectivity index (χ2v) is 6.53. The number of rotatable bonds is 5. The molecule has 0 saturated heterocycles. The number of amides is 2. The molecule has 1 aliphatic heterocycles. The number of primary amides is 1. The van der Waals surface area contributed by atoms with Crippen LogP contribution in [0.3, 0.4) is 0 Å². The van der Waals surface area contributed by atoms with Gasteiger partial charge in [0.2, 0.25) is 5.91 Å². The average molecular weight is 377 g/mol. The van der Waals surface area contributed by atoms with E-state index in [2.05, 4.69) is 20.6 Å². The van der Waals surface area contributed by atoms with Crippen molar-refractivity contribution in [1.82, 2.24) is 19.9 Å². The van der Waals surface area contributed by atoms with Gasteiger partial charge in [-0.25, -0.2) is 0 Å². The highest BCUT2D eigenvalue weighted by Gasteiger charge is 2.35. The largest absolute Gasteiger partial charge is 0.368 e. The number of carbonyl (C=O) groups excluding carboxylic acids is 2. The van der Waals surface area contributed by atoms with Gasteiger partial charge in [0.05, 0.1) is 11.7 Å². The Hall–Kier alpha value is -3.75. The number of nitrogens with one attached hydrogen (secondary N) is 1. The van der Waals surface area contributed by atoms with Gasteiger partial charge in [0.1, 0.15) is 11.8 Å².